The number of nitrogens with zero attached hydrogens (tertiary/aromatic N) is 2. The predicted octanol–water partition coefficient (Wildman–Crippen LogP) is 7.64. The Kier molecular flexibility index (Phi) is 7.14. The van der Waals surface area contributed by atoms with Gasteiger partial charge in [-0.15, -0.1) is 11.3 Å². The van der Waals surface area contributed by atoms with Gasteiger partial charge in [0.15, 0.2) is 5.43 Å². The fourth-order valence-electron chi connectivity index (χ4n) is 4.97. The Balaban J connectivity index is 1.63. The van der Waals surface area contributed by atoms with E-state index in [4.69, 9.17) is 0 Å². The molecule has 5 rings (SSSR count). The minimum absolute atomic E-state index is 0.113. The number of hydrogen-bond acceptors (Lipinski definition) is 3. The molecule has 5 aromatic rings. The van der Waals surface area contributed by atoms with Crippen LogP contribution in [0.5, 0.6) is 0 Å². The molecule has 0 saturated carbocycles. The summed E-state index contributed by atoms with van der Waals surface area (Å²) in [7, 11) is 2.14. The van der Waals surface area contributed by atoms with Crippen molar-refractivity contribution in [1.29, 1.82) is 0 Å². The maximum Gasteiger partial charge on any atom is 0.190 e. The Morgan fingerprint density at radius 2 is 1.41 bits per heavy atom. The lowest BCUT2D eigenvalue weighted by molar-refractivity contribution is 0.321. The van der Waals surface area contributed by atoms with Crippen LogP contribution in [0, 0.1) is 27.7 Å². The zero-order chi connectivity index (χ0) is 26.1. The third-order valence-corrected chi connectivity index (χ3v) is 8.29. The van der Waals surface area contributed by atoms with Crippen LogP contribution in [0.1, 0.15) is 39.1 Å². The number of benzene rings is 3. The first-order valence-electron chi connectivity index (χ1n) is 12.8. The fourth-order valence-corrected chi connectivity index (χ4v) is 6.34. The summed E-state index contributed by atoms with van der Waals surface area (Å²) in [5.74, 6) is 0. The second-order valence-corrected chi connectivity index (χ2v) is 11.3. The maximum atomic E-state index is 13.5. The molecule has 0 atom stereocenters. The zero-order valence-electron chi connectivity index (χ0n) is 22.3. The van der Waals surface area contributed by atoms with Crippen LogP contribution in [0.2, 0.25) is 0 Å². The number of thiophene rings is 1. The van der Waals surface area contributed by atoms with Gasteiger partial charge in [-0.25, -0.2) is 0 Å². The summed E-state index contributed by atoms with van der Waals surface area (Å²) in [6.45, 7) is 10.7. The van der Waals surface area contributed by atoms with Crippen LogP contribution in [-0.4, -0.2) is 16.5 Å². The predicted molar refractivity (Wildman–Crippen MR) is 158 cm³/mol. The average molecular weight is 507 g/mol. The van der Waals surface area contributed by atoms with Gasteiger partial charge in [-0.05, 0) is 57.0 Å². The first-order chi connectivity index (χ1) is 17.8. The van der Waals surface area contributed by atoms with Crippen molar-refractivity contribution in [3.8, 4) is 10.4 Å². The summed E-state index contributed by atoms with van der Waals surface area (Å²) in [5.41, 5.74) is 9.67. The van der Waals surface area contributed by atoms with E-state index in [9.17, 15) is 4.79 Å². The van der Waals surface area contributed by atoms with Crippen molar-refractivity contribution < 1.29 is 0 Å². The maximum absolute atomic E-state index is 13.5. The van der Waals surface area contributed by atoms with Gasteiger partial charge in [0, 0.05) is 36.3 Å². The lowest BCUT2D eigenvalue weighted by Gasteiger charge is -2.18. The van der Waals surface area contributed by atoms with Crippen LogP contribution in [0.25, 0.3) is 20.7 Å². The number of rotatable bonds is 7. The molecule has 2 aromatic heterocycles. The first kappa shape index (κ1) is 25.2. The van der Waals surface area contributed by atoms with E-state index in [0.29, 0.717) is 6.54 Å². The molecular formula is C33H34N2OS. The van der Waals surface area contributed by atoms with Crippen molar-refractivity contribution in [2.24, 2.45) is 0 Å². The Bertz CT molecular complexity index is 1610. The standard InChI is InChI=1S/C33H34N2OS/c1-22-9-13-26(14-10-22)19-34(5)21-29-31-30(36)18-25(4)35(20-27-15-11-23(2)12-16-27)33(31)37-32(29)28-8-6-7-24(3)17-28/h6-18H,19-21H2,1-5H3. The van der Waals surface area contributed by atoms with E-state index < -0.39 is 0 Å². The van der Waals surface area contributed by atoms with Gasteiger partial charge in [0.25, 0.3) is 0 Å². The summed E-state index contributed by atoms with van der Waals surface area (Å²) in [4.78, 5) is 18.1. The van der Waals surface area contributed by atoms with Gasteiger partial charge >= 0.3 is 0 Å². The number of hydrogen-bond donors (Lipinski definition) is 0. The molecule has 188 valence electrons. The molecule has 37 heavy (non-hydrogen) atoms. The van der Waals surface area contributed by atoms with Gasteiger partial charge in [-0.3, -0.25) is 9.69 Å². The molecule has 0 aliphatic rings. The van der Waals surface area contributed by atoms with Gasteiger partial charge in [-0.2, -0.15) is 0 Å². The number of aromatic nitrogens is 1. The van der Waals surface area contributed by atoms with Crippen molar-refractivity contribution in [3.05, 3.63) is 128 Å². The van der Waals surface area contributed by atoms with Crippen LogP contribution in [0.4, 0.5) is 0 Å². The monoisotopic (exact) mass is 506 g/mol. The van der Waals surface area contributed by atoms with E-state index in [1.165, 1.54) is 38.3 Å². The molecule has 0 amide bonds. The lowest BCUT2D eigenvalue weighted by atomic mass is 10.0. The number of aryl methyl sites for hydroxylation is 4. The number of pyridine rings is 1. The van der Waals surface area contributed by atoms with Crippen LogP contribution in [0.3, 0.4) is 0 Å². The van der Waals surface area contributed by atoms with Gasteiger partial charge in [0.1, 0.15) is 4.83 Å². The van der Waals surface area contributed by atoms with E-state index in [1.807, 2.05) is 13.0 Å². The highest BCUT2D eigenvalue weighted by molar-refractivity contribution is 7.22. The van der Waals surface area contributed by atoms with E-state index in [1.54, 1.807) is 11.3 Å². The number of fused-ring (bicyclic) bond motifs is 1. The van der Waals surface area contributed by atoms with Crippen molar-refractivity contribution in [2.75, 3.05) is 7.05 Å². The summed E-state index contributed by atoms with van der Waals surface area (Å²) in [5, 5.41) is 0.856. The van der Waals surface area contributed by atoms with Crippen LogP contribution in [0.15, 0.2) is 83.7 Å². The van der Waals surface area contributed by atoms with Crippen molar-refractivity contribution in [1.82, 2.24) is 9.47 Å². The average Bonchev–Trinajstić information content (AvgIpc) is 3.24. The van der Waals surface area contributed by atoms with Crippen molar-refractivity contribution >= 4 is 21.6 Å². The molecule has 4 heteroatoms. The first-order valence-corrected chi connectivity index (χ1v) is 13.6. The fraction of sp³-hybridized carbons (Fsp3) is 0.242. The van der Waals surface area contributed by atoms with Crippen molar-refractivity contribution in [2.45, 2.75) is 47.3 Å². The molecule has 3 aromatic carbocycles. The largest absolute Gasteiger partial charge is 0.332 e. The Hall–Kier alpha value is -3.47. The zero-order valence-corrected chi connectivity index (χ0v) is 23.2. The Morgan fingerprint density at radius 3 is 2.05 bits per heavy atom. The highest BCUT2D eigenvalue weighted by Gasteiger charge is 2.21. The van der Waals surface area contributed by atoms with E-state index in [2.05, 4.69) is 110 Å². The molecule has 0 saturated heterocycles. The Morgan fingerprint density at radius 1 is 0.757 bits per heavy atom. The summed E-state index contributed by atoms with van der Waals surface area (Å²) in [6, 6.07) is 27.8. The molecule has 3 nitrogen and oxygen atoms in total. The van der Waals surface area contributed by atoms with Crippen LogP contribution >= 0.6 is 11.3 Å². The molecule has 0 radical (unpaired) electrons. The summed E-state index contributed by atoms with van der Waals surface area (Å²) in [6.07, 6.45) is 0. The Labute approximate surface area is 223 Å². The minimum Gasteiger partial charge on any atom is -0.332 e. The van der Waals surface area contributed by atoms with E-state index in [0.717, 1.165) is 34.6 Å². The molecular weight excluding hydrogens is 472 g/mol. The second kappa shape index (κ2) is 10.5. The molecule has 0 unspecified atom stereocenters. The second-order valence-electron chi connectivity index (χ2n) is 10.3. The quantitative estimate of drug-likeness (QED) is 0.227. The molecule has 2 heterocycles. The molecule has 0 N–H and O–H groups in total. The van der Waals surface area contributed by atoms with E-state index >= 15 is 0 Å². The van der Waals surface area contributed by atoms with Gasteiger partial charge in [0.05, 0.1) is 5.39 Å². The highest BCUT2D eigenvalue weighted by atomic mass is 32.1. The van der Waals surface area contributed by atoms with Gasteiger partial charge in [-0.1, -0.05) is 89.5 Å². The van der Waals surface area contributed by atoms with E-state index in [-0.39, 0.29) is 5.43 Å². The lowest BCUT2D eigenvalue weighted by Crippen LogP contribution is -2.19. The van der Waals surface area contributed by atoms with Gasteiger partial charge in [0.2, 0.25) is 0 Å². The smallest absolute Gasteiger partial charge is 0.190 e. The molecule has 0 aliphatic heterocycles. The van der Waals surface area contributed by atoms with Crippen molar-refractivity contribution in [3.63, 3.8) is 0 Å². The molecule has 0 bridgehead atoms. The molecule has 0 spiro atoms. The third-order valence-electron chi connectivity index (χ3n) is 6.99. The summed E-state index contributed by atoms with van der Waals surface area (Å²) >= 11 is 1.75. The normalized spacial score (nSPS) is 11.5. The molecule has 0 fully saturated rings. The minimum atomic E-state index is 0.113. The highest BCUT2D eigenvalue weighted by Crippen LogP contribution is 2.39. The topological polar surface area (TPSA) is 25.2 Å². The summed E-state index contributed by atoms with van der Waals surface area (Å²) < 4.78 is 2.31. The third kappa shape index (κ3) is 5.46. The van der Waals surface area contributed by atoms with Crippen LogP contribution < -0.4 is 5.43 Å². The molecule has 0 aliphatic carbocycles. The van der Waals surface area contributed by atoms with Gasteiger partial charge < -0.3 is 4.57 Å². The van der Waals surface area contributed by atoms with Crippen LogP contribution in [-0.2, 0) is 19.6 Å². The SMILES string of the molecule is Cc1ccc(CN(C)Cc2c(-c3cccc(C)c3)sc3c2c(=O)cc(C)n3Cc2ccc(C)cc2)cc1.